The molecule has 1 aromatic carbocycles. The van der Waals surface area contributed by atoms with E-state index in [0.717, 1.165) is 17.0 Å². The lowest BCUT2D eigenvalue weighted by molar-refractivity contribution is -0.380. The lowest BCUT2D eigenvalue weighted by Crippen LogP contribution is -2.29. The molecular weight excluding hydrogens is 264 g/mol. The van der Waals surface area contributed by atoms with Crippen LogP contribution in [0.3, 0.4) is 0 Å². The smallest absolute Gasteiger partial charge is 0.308 e. The number of carbonyl (C=O) groups is 1. The van der Waals surface area contributed by atoms with Gasteiger partial charge in [0.1, 0.15) is 0 Å². The lowest BCUT2D eigenvalue weighted by Gasteiger charge is -2.19. The minimum atomic E-state index is -0.486. The van der Waals surface area contributed by atoms with Gasteiger partial charge in [0.05, 0.1) is 9.80 Å². The molecule has 0 unspecified atom stereocenters. The van der Waals surface area contributed by atoms with E-state index in [1.807, 2.05) is 37.3 Å². The van der Waals surface area contributed by atoms with Crippen molar-refractivity contribution in [1.82, 2.24) is 0 Å². The van der Waals surface area contributed by atoms with Gasteiger partial charge in [-0.05, 0) is 25.1 Å². The zero-order valence-corrected chi connectivity index (χ0v) is 11.1. The van der Waals surface area contributed by atoms with E-state index >= 15 is 0 Å². The van der Waals surface area contributed by atoms with E-state index in [4.69, 9.17) is 0 Å². The predicted octanol–water partition coefficient (Wildman–Crippen LogP) is 3.32. The standard InChI is InChI=1S/C13H12N2O3S/c1-2-14(10-6-4-3-5-7-10)13(16)11-8-9-12(19-11)15(17)18/h3-9H,2H2,1H3. The minimum Gasteiger partial charge on any atom is -0.308 e. The van der Waals surface area contributed by atoms with Crippen LogP contribution in [0.4, 0.5) is 10.7 Å². The van der Waals surface area contributed by atoms with Gasteiger partial charge in [-0.15, -0.1) is 0 Å². The molecule has 2 rings (SSSR count). The maximum absolute atomic E-state index is 12.3. The summed E-state index contributed by atoms with van der Waals surface area (Å²) in [7, 11) is 0. The number of thiophene rings is 1. The molecule has 1 heterocycles. The van der Waals surface area contributed by atoms with Crippen molar-refractivity contribution in [2.45, 2.75) is 6.92 Å². The van der Waals surface area contributed by atoms with Crippen molar-refractivity contribution < 1.29 is 9.72 Å². The number of hydrogen-bond donors (Lipinski definition) is 0. The average molecular weight is 276 g/mol. The van der Waals surface area contributed by atoms with Crippen LogP contribution in [-0.4, -0.2) is 17.4 Å². The quantitative estimate of drug-likeness (QED) is 0.635. The third-order valence-electron chi connectivity index (χ3n) is 2.61. The molecule has 0 bridgehead atoms. The Morgan fingerprint density at radius 3 is 2.47 bits per heavy atom. The van der Waals surface area contributed by atoms with Crippen molar-refractivity contribution in [2.75, 3.05) is 11.4 Å². The second-order valence-corrected chi connectivity index (χ2v) is 4.84. The summed E-state index contributed by atoms with van der Waals surface area (Å²) in [5, 5.41) is 10.6. The fraction of sp³-hybridized carbons (Fsp3) is 0.154. The molecule has 0 aliphatic rings. The second kappa shape index (κ2) is 5.62. The number of carbonyl (C=O) groups excluding carboxylic acids is 1. The number of rotatable bonds is 4. The van der Waals surface area contributed by atoms with Gasteiger partial charge in [0.2, 0.25) is 0 Å². The molecule has 0 aliphatic carbocycles. The summed E-state index contributed by atoms with van der Waals surface area (Å²) < 4.78 is 0. The largest absolute Gasteiger partial charge is 0.324 e. The Balaban J connectivity index is 2.28. The first-order valence-corrected chi connectivity index (χ1v) is 6.56. The van der Waals surface area contributed by atoms with Gasteiger partial charge in [-0.25, -0.2) is 0 Å². The summed E-state index contributed by atoms with van der Waals surface area (Å²) in [5.41, 5.74) is 0.783. The fourth-order valence-corrected chi connectivity index (χ4v) is 2.49. The molecular formula is C13H12N2O3S. The average Bonchev–Trinajstić information content (AvgIpc) is 2.90. The van der Waals surface area contributed by atoms with Gasteiger partial charge in [-0.3, -0.25) is 14.9 Å². The molecule has 0 saturated heterocycles. The molecule has 0 fully saturated rings. The number of anilines is 1. The number of nitrogens with zero attached hydrogens (tertiary/aromatic N) is 2. The zero-order valence-electron chi connectivity index (χ0n) is 10.3. The Labute approximate surface area is 114 Å². The number of nitro groups is 1. The molecule has 0 atom stereocenters. The third kappa shape index (κ3) is 2.79. The molecule has 0 aliphatic heterocycles. The van der Waals surface area contributed by atoms with Crippen molar-refractivity contribution >= 4 is 27.9 Å². The van der Waals surface area contributed by atoms with Crippen molar-refractivity contribution in [3.05, 3.63) is 57.5 Å². The third-order valence-corrected chi connectivity index (χ3v) is 3.64. The maximum Gasteiger partial charge on any atom is 0.324 e. The summed E-state index contributed by atoms with van der Waals surface area (Å²) >= 11 is 0.897. The van der Waals surface area contributed by atoms with Crippen molar-refractivity contribution in [2.24, 2.45) is 0 Å². The monoisotopic (exact) mass is 276 g/mol. The van der Waals surface area contributed by atoms with Crippen LogP contribution in [0.15, 0.2) is 42.5 Å². The molecule has 1 amide bonds. The number of hydrogen-bond acceptors (Lipinski definition) is 4. The van der Waals surface area contributed by atoms with Crippen molar-refractivity contribution in [1.29, 1.82) is 0 Å². The van der Waals surface area contributed by atoms with Gasteiger partial charge >= 0.3 is 5.00 Å². The minimum absolute atomic E-state index is 0.0209. The fourth-order valence-electron chi connectivity index (χ4n) is 1.73. The second-order valence-electron chi connectivity index (χ2n) is 3.78. The van der Waals surface area contributed by atoms with Crippen LogP contribution < -0.4 is 4.90 Å². The number of para-hydroxylation sites is 1. The molecule has 5 nitrogen and oxygen atoms in total. The van der Waals surface area contributed by atoms with Gasteiger partial charge in [0.15, 0.2) is 0 Å². The zero-order chi connectivity index (χ0) is 13.8. The topological polar surface area (TPSA) is 63.5 Å². The van der Waals surface area contributed by atoms with Crippen LogP contribution in [0.1, 0.15) is 16.6 Å². The highest BCUT2D eigenvalue weighted by molar-refractivity contribution is 7.17. The summed E-state index contributed by atoms with van der Waals surface area (Å²) in [6, 6.07) is 12.1. The Kier molecular flexibility index (Phi) is 3.91. The summed E-state index contributed by atoms with van der Waals surface area (Å²) in [4.78, 5) is 24.4. The van der Waals surface area contributed by atoms with E-state index in [2.05, 4.69) is 0 Å². The van der Waals surface area contributed by atoms with Crippen LogP contribution in [0, 0.1) is 10.1 Å². The molecule has 2 aromatic rings. The van der Waals surface area contributed by atoms with Crippen LogP contribution in [0.25, 0.3) is 0 Å². The normalized spacial score (nSPS) is 10.2. The van der Waals surface area contributed by atoms with Crippen LogP contribution in [0.2, 0.25) is 0 Å². The molecule has 98 valence electrons. The van der Waals surface area contributed by atoms with Gasteiger partial charge in [-0.1, -0.05) is 29.5 Å². The maximum atomic E-state index is 12.3. The first kappa shape index (κ1) is 13.2. The van der Waals surface area contributed by atoms with E-state index in [1.54, 1.807) is 4.90 Å². The van der Waals surface area contributed by atoms with Crippen molar-refractivity contribution in [3.8, 4) is 0 Å². The van der Waals surface area contributed by atoms with Gasteiger partial charge in [0, 0.05) is 18.3 Å². The highest BCUT2D eigenvalue weighted by Gasteiger charge is 2.20. The van der Waals surface area contributed by atoms with E-state index < -0.39 is 4.92 Å². The van der Waals surface area contributed by atoms with E-state index in [9.17, 15) is 14.9 Å². The highest BCUT2D eigenvalue weighted by atomic mass is 32.1. The molecule has 1 aromatic heterocycles. The Morgan fingerprint density at radius 1 is 1.26 bits per heavy atom. The Hall–Kier alpha value is -2.21. The summed E-state index contributed by atoms with van der Waals surface area (Å²) in [6.45, 7) is 2.38. The predicted molar refractivity (Wildman–Crippen MR) is 74.8 cm³/mol. The molecule has 0 N–H and O–H groups in total. The molecule has 0 spiro atoms. The Morgan fingerprint density at radius 2 is 1.95 bits per heavy atom. The van der Waals surface area contributed by atoms with Gasteiger partial charge in [0.25, 0.3) is 5.91 Å². The first-order chi connectivity index (χ1) is 9.13. The highest BCUT2D eigenvalue weighted by Crippen LogP contribution is 2.26. The van der Waals surface area contributed by atoms with E-state index in [0.29, 0.717) is 11.4 Å². The van der Waals surface area contributed by atoms with Gasteiger partial charge < -0.3 is 4.90 Å². The molecule has 6 heteroatoms. The van der Waals surface area contributed by atoms with Gasteiger partial charge in [-0.2, -0.15) is 0 Å². The number of benzene rings is 1. The first-order valence-electron chi connectivity index (χ1n) is 5.74. The van der Waals surface area contributed by atoms with E-state index in [-0.39, 0.29) is 10.9 Å². The SMILES string of the molecule is CCN(C(=O)c1ccc([N+](=O)[O-])s1)c1ccccc1. The van der Waals surface area contributed by atoms with Crippen molar-refractivity contribution in [3.63, 3.8) is 0 Å². The summed E-state index contributed by atoms with van der Waals surface area (Å²) in [5.74, 6) is -0.216. The van der Waals surface area contributed by atoms with Crippen LogP contribution in [0.5, 0.6) is 0 Å². The number of amides is 1. The molecule has 19 heavy (non-hydrogen) atoms. The summed E-state index contributed by atoms with van der Waals surface area (Å²) in [6.07, 6.45) is 0. The lowest BCUT2D eigenvalue weighted by atomic mass is 10.2. The molecule has 0 saturated carbocycles. The van der Waals surface area contributed by atoms with E-state index in [1.165, 1.54) is 12.1 Å². The van der Waals surface area contributed by atoms with Crippen LogP contribution >= 0.6 is 11.3 Å². The Bertz CT molecular complexity index is 595. The molecule has 0 radical (unpaired) electrons. The van der Waals surface area contributed by atoms with Crippen LogP contribution in [-0.2, 0) is 0 Å².